The van der Waals surface area contributed by atoms with Crippen molar-refractivity contribution >= 4 is 11.7 Å². The Bertz CT molecular complexity index is 797. The number of hydrogen-bond donors (Lipinski definition) is 3. The van der Waals surface area contributed by atoms with E-state index >= 15 is 0 Å². The van der Waals surface area contributed by atoms with E-state index in [0.29, 0.717) is 18.0 Å². The van der Waals surface area contributed by atoms with Crippen LogP contribution in [0, 0.1) is 0 Å². The summed E-state index contributed by atoms with van der Waals surface area (Å²) in [5.41, 5.74) is -0.347. The van der Waals surface area contributed by atoms with E-state index in [1.807, 2.05) is 13.0 Å². The van der Waals surface area contributed by atoms with Gasteiger partial charge in [0.25, 0.3) is 5.56 Å². The van der Waals surface area contributed by atoms with Gasteiger partial charge >= 0.3 is 11.7 Å². The minimum atomic E-state index is -0.509. The molecule has 2 amide bonds. The zero-order valence-corrected chi connectivity index (χ0v) is 13.4. The van der Waals surface area contributed by atoms with Crippen LogP contribution in [0.5, 0.6) is 5.75 Å². The summed E-state index contributed by atoms with van der Waals surface area (Å²) in [6.07, 6.45) is 2.29. The molecule has 0 aliphatic carbocycles. The van der Waals surface area contributed by atoms with Gasteiger partial charge in [-0.1, -0.05) is 13.0 Å². The van der Waals surface area contributed by atoms with E-state index in [2.05, 4.69) is 15.6 Å². The molecule has 2 rings (SSSR count). The van der Waals surface area contributed by atoms with Crippen LogP contribution in [-0.2, 0) is 6.54 Å². The molecule has 0 fully saturated rings. The minimum Gasteiger partial charge on any atom is -0.494 e. The van der Waals surface area contributed by atoms with E-state index in [0.717, 1.165) is 6.42 Å². The van der Waals surface area contributed by atoms with Crippen LogP contribution in [0.25, 0.3) is 0 Å². The van der Waals surface area contributed by atoms with Crippen LogP contribution >= 0.6 is 0 Å². The van der Waals surface area contributed by atoms with E-state index < -0.39 is 11.2 Å². The smallest absolute Gasteiger partial charge is 0.328 e. The second kappa shape index (κ2) is 8.56. The van der Waals surface area contributed by atoms with E-state index in [1.54, 1.807) is 18.2 Å². The summed E-state index contributed by atoms with van der Waals surface area (Å²) in [5.74, 6) is 0.689. The number of carbonyl (C=O) groups excluding carboxylic acids is 1. The molecule has 0 spiro atoms. The molecule has 0 saturated heterocycles. The third kappa shape index (κ3) is 5.31. The number of aromatic amines is 1. The maximum atomic E-state index is 11.9. The van der Waals surface area contributed by atoms with Crippen LogP contribution in [0.2, 0.25) is 0 Å². The molecule has 2 aromatic rings. The molecule has 0 unspecified atom stereocenters. The van der Waals surface area contributed by atoms with Gasteiger partial charge in [-0.05, 0) is 18.6 Å². The number of nitrogens with one attached hydrogen (secondary N) is 3. The van der Waals surface area contributed by atoms with Crippen molar-refractivity contribution in [3.8, 4) is 5.75 Å². The lowest BCUT2D eigenvalue weighted by Gasteiger charge is -2.10. The number of hydrogen-bond acceptors (Lipinski definition) is 4. The largest absolute Gasteiger partial charge is 0.494 e. The lowest BCUT2D eigenvalue weighted by molar-refractivity contribution is 0.251. The number of ether oxygens (including phenoxy) is 1. The molecule has 8 heteroatoms. The molecule has 3 N–H and O–H groups in total. The Morgan fingerprint density at radius 1 is 1.29 bits per heavy atom. The average molecular weight is 332 g/mol. The van der Waals surface area contributed by atoms with Crippen LogP contribution in [0.4, 0.5) is 10.5 Å². The first-order chi connectivity index (χ1) is 11.6. The summed E-state index contributed by atoms with van der Waals surface area (Å²) in [4.78, 5) is 36.5. The molecular weight excluding hydrogens is 312 g/mol. The summed E-state index contributed by atoms with van der Waals surface area (Å²) in [6, 6.07) is 7.97. The lowest BCUT2D eigenvalue weighted by atomic mass is 10.3. The van der Waals surface area contributed by atoms with Crippen LogP contribution in [0.3, 0.4) is 0 Å². The fourth-order valence-electron chi connectivity index (χ4n) is 1.97. The molecular formula is C16H20N4O4. The fraction of sp³-hybridized carbons (Fsp3) is 0.312. The normalized spacial score (nSPS) is 10.2. The van der Waals surface area contributed by atoms with Crippen molar-refractivity contribution in [3.63, 3.8) is 0 Å². The van der Waals surface area contributed by atoms with Crippen LogP contribution in [-0.4, -0.2) is 28.7 Å². The number of carbonyl (C=O) groups is 1. The van der Waals surface area contributed by atoms with Crippen molar-refractivity contribution in [3.05, 3.63) is 57.4 Å². The van der Waals surface area contributed by atoms with Gasteiger partial charge in [0.2, 0.25) is 0 Å². The van der Waals surface area contributed by atoms with Gasteiger partial charge in [0, 0.05) is 37.1 Å². The maximum absolute atomic E-state index is 11.9. The molecule has 0 atom stereocenters. The van der Waals surface area contributed by atoms with Gasteiger partial charge in [-0.3, -0.25) is 14.3 Å². The number of aromatic nitrogens is 2. The van der Waals surface area contributed by atoms with E-state index in [1.165, 1.54) is 16.8 Å². The quantitative estimate of drug-likeness (QED) is 0.707. The molecule has 0 saturated carbocycles. The first-order valence-corrected chi connectivity index (χ1v) is 7.66. The van der Waals surface area contributed by atoms with Gasteiger partial charge in [-0.25, -0.2) is 9.59 Å². The molecule has 0 radical (unpaired) electrons. The van der Waals surface area contributed by atoms with Crippen molar-refractivity contribution in [1.82, 2.24) is 14.9 Å². The molecule has 1 aromatic heterocycles. The van der Waals surface area contributed by atoms with Gasteiger partial charge in [-0.15, -0.1) is 0 Å². The molecule has 1 aromatic carbocycles. The first-order valence-electron chi connectivity index (χ1n) is 7.66. The van der Waals surface area contributed by atoms with Gasteiger partial charge in [0.1, 0.15) is 5.75 Å². The Balaban J connectivity index is 1.83. The highest BCUT2D eigenvalue weighted by atomic mass is 16.5. The van der Waals surface area contributed by atoms with Crippen LogP contribution in [0.15, 0.2) is 46.1 Å². The Morgan fingerprint density at radius 3 is 2.88 bits per heavy atom. The number of anilines is 1. The van der Waals surface area contributed by atoms with E-state index in [-0.39, 0.29) is 19.1 Å². The van der Waals surface area contributed by atoms with Gasteiger partial charge < -0.3 is 15.4 Å². The predicted molar refractivity (Wildman–Crippen MR) is 90.6 cm³/mol. The number of amides is 2. The molecule has 0 aliphatic rings. The van der Waals surface area contributed by atoms with Crippen molar-refractivity contribution in [2.24, 2.45) is 0 Å². The Kier molecular flexibility index (Phi) is 6.18. The summed E-state index contributed by atoms with van der Waals surface area (Å²) in [5, 5.41) is 5.33. The Labute approximate surface area is 138 Å². The average Bonchev–Trinajstić information content (AvgIpc) is 2.55. The third-order valence-corrected chi connectivity index (χ3v) is 3.10. The number of benzene rings is 1. The first kappa shape index (κ1) is 17.3. The number of urea groups is 1. The molecule has 0 aliphatic heterocycles. The highest BCUT2D eigenvalue weighted by Gasteiger charge is 2.03. The van der Waals surface area contributed by atoms with Crippen LogP contribution in [0.1, 0.15) is 13.3 Å². The summed E-state index contributed by atoms with van der Waals surface area (Å²) < 4.78 is 6.81. The zero-order valence-electron chi connectivity index (χ0n) is 13.4. The molecule has 1 heterocycles. The number of nitrogens with zero attached hydrogens (tertiary/aromatic N) is 1. The summed E-state index contributed by atoms with van der Waals surface area (Å²) in [7, 11) is 0. The molecule has 24 heavy (non-hydrogen) atoms. The Morgan fingerprint density at radius 2 is 2.12 bits per heavy atom. The minimum absolute atomic E-state index is 0.240. The van der Waals surface area contributed by atoms with Crippen molar-refractivity contribution in [2.75, 3.05) is 18.5 Å². The zero-order chi connectivity index (χ0) is 17.4. The maximum Gasteiger partial charge on any atom is 0.328 e. The predicted octanol–water partition coefficient (Wildman–Crippen LogP) is 1.15. The number of H-pyrrole nitrogens is 1. The van der Waals surface area contributed by atoms with E-state index in [4.69, 9.17) is 4.74 Å². The standard InChI is InChI=1S/C16H20N4O4/c1-2-10-24-13-5-3-4-12(11-13)18-15(22)17-7-9-20-8-6-14(21)19-16(20)23/h3-6,8,11H,2,7,9-10H2,1H3,(H2,17,18,22)(H,19,21,23). The molecule has 0 bridgehead atoms. The molecule has 8 nitrogen and oxygen atoms in total. The highest BCUT2D eigenvalue weighted by Crippen LogP contribution is 2.17. The van der Waals surface area contributed by atoms with Crippen LogP contribution < -0.4 is 26.6 Å². The van der Waals surface area contributed by atoms with Gasteiger partial charge in [-0.2, -0.15) is 0 Å². The Hall–Kier alpha value is -3.03. The third-order valence-electron chi connectivity index (χ3n) is 3.10. The van der Waals surface area contributed by atoms with Crippen molar-refractivity contribution < 1.29 is 9.53 Å². The molecule has 128 valence electrons. The van der Waals surface area contributed by atoms with Crippen molar-refractivity contribution in [1.29, 1.82) is 0 Å². The van der Waals surface area contributed by atoms with Gasteiger partial charge in [0.15, 0.2) is 0 Å². The number of rotatable bonds is 7. The second-order valence-corrected chi connectivity index (χ2v) is 5.06. The van der Waals surface area contributed by atoms with Gasteiger partial charge in [0.05, 0.1) is 6.61 Å². The summed E-state index contributed by atoms with van der Waals surface area (Å²) >= 11 is 0. The van der Waals surface area contributed by atoms with E-state index in [9.17, 15) is 14.4 Å². The fourth-order valence-corrected chi connectivity index (χ4v) is 1.97. The monoisotopic (exact) mass is 332 g/mol. The topological polar surface area (TPSA) is 105 Å². The highest BCUT2D eigenvalue weighted by molar-refractivity contribution is 5.89. The lowest BCUT2D eigenvalue weighted by Crippen LogP contribution is -2.35. The summed E-state index contributed by atoms with van der Waals surface area (Å²) in [6.45, 7) is 3.12. The SMILES string of the molecule is CCCOc1cccc(NC(=O)NCCn2ccc(=O)[nH]c2=O)c1. The van der Waals surface area contributed by atoms with Crippen molar-refractivity contribution in [2.45, 2.75) is 19.9 Å². The second-order valence-electron chi connectivity index (χ2n) is 5.06.